The largest absolute Gasteiger partial charge is 0.500 e. The van der Waals surface area contributed by atoms with Crippen LogP contribution in [0, 0.1) is 10.1 Å². The summed E-state index contributed by atoms with van der Waals surface area (Å²) in [5, 5.41) is 21.9. The third-order valence-corrected chi connectivity index (χ3v) is 5.64. The van der Waals surface area contributed by atoms with Crippen molar-refractivity contribution in [3.8, 4) is 11.5 Å². The smallest absolute Gasteiger partial charge is 0.315 e. The SMILES string of the molecule is CCOc1cc(C=C2SC(=Nc3ccccc3)N(Cc3ccco3)C2=O)cc([N+](=O)[O-])c1O. The number of furan rings is 1. The molecule has 1 fully saturated rings. The number of para-hydroxylation sites is 1. The minimum atomic E-state index is -0.699. The van der Waals surface area contributed by atoms with Gasteiger partial charge in [0.1, 0.15) is 5.76 Å². The number of phenolic OH excluding ortho intramolecular Hbond substituents is 1. The van der Waals surface area contributed by atoms with Gasteiger partial charge in [-0.1, -0.05) is 18.2 Å². The molecular formula is C23H19N3O6S. The molecule has 0 spiro atoms. The van der Waals surface area contributed by atoms with Crippen molar-refractivity contribution in [3.63, 3.8) is 0 Å². The lowest BCUT2D eigenvalue weighted by Gasteiger charge is -2.13. The van der Waals surface area contributed by atoms with Gasteiger partial charge in [0.2, 0.25) is 5.75 Å². The summed E-state index contributed by atoms with van der Waals surface area (Å²) in [6.45, 7) is 2.09. The highest BCUT2D eigenvalue weighted by Gasteiger charge is 2.34. The highest BCUT2D eigenvalue weighted by molar-refractivity contribution is 8.18. The number of phenols is 1. The molecule has 0 radical (unpaired) electrons. The number of thioether (sulfide) groups is 1. The summed E-state index contributed by atoms with van der Waals surface area (Å²) in [5.41, 5.74) is 0.518. The first kappa shape index (κ1) is 22.2. The van der Waals surface area contributed by atoms with Crippen molar-refractivity contribution in [1.29, 1.82) is 0 Å². The van der Waals surface area contributed by atoms with Crippen molar-refractivity contribution < 1.29 is 24.0 Å². The van der Waals surface area contributed by atoms with Crippen LogP contribution in [0.25, 0.3) is 6.08 Å². The van der Waals surface area contributed by atoms with Gasteiger partial charge in [-0.3, -0.25) is 19.8 Å². The van der Waals surface area contributed by atoms with E-state index in [-0.39, 0.29) is 24.8 Å². The number of benzene rings is 2. The topological polar surface area (TPSA) is 118 Å². The number of amidine groups is 1. The minimum Gasteiger partial charge on any atom is -0.500 e. The van der Waals surface area contributed by atoms with E-state index in [0.29, 0.717) is 27.1 Å². The molecule has 10 heteroatoms. The van der Waals surface area contributed by atoms with Gasteiger partial charge < -0.3 is 14.3 Å². The van der Waals surface area contributed by atoms with E-state index in [9.17, 15) is 20.0 Å². The summed E-state index contributed by atoms with van der Waals surface area (Å²) >= 11 is 1.15. The fourth-order valence-electron chi connectivity index (χ4n) is 3.16. The number of rotatable bonds is 7. The lowest BCUT2D eigenvalue weighted by Crippen LogP contribution is -2.28. The minimum absolute atomic E-state index is 0.0281. The van der Waals surface area contributed by atoms with Crippen molar-refractivity contribution in [1.82, 2.24) is 4.90 Å². The Bertz CT molecular complexity index is 1240. The Morgan fingerprint density at radius 2 is 2.03 bits per heavy atom. The molecule has 0 saturated carbocycles. The lowest BCUT2D eigenvalue weighted by molar-refractivity contribution is -0.386. The number of nitro benzene ring substituents is 1. The summed E-state index contributed by atoms with van der Waals surface area (Å²) in [6.07, 6.45) is 3.04. The third-order valence-electron chi connectivity index (χ3n) is 4.63. The van der Waals surface area contributed by atoms with Gasteiger partial charge in [0, 0.05) is 6.07 Å². The molecule has 0 aliphatic carbocycles. The number of carbonyl (C=O) groups excluding carboxylic acids is 1. The number of ether oxygens (including phenoxy) is 1. The molecule has 4 rings (SSSR count). The second-order valence-corrected chi connectivity index (χ2v) is 7.90. The number of aliphatic imine (C=N–C) groups is 1. The molecule has 1 aliphatic heterocycles. The second-order valence-electron chi connectivity index (χ2n) is 6.89. The van der Waals surface area contributed by atoms with E-state index in [1.807, 2.05) is 30.3 Å². The molecule has 33 heavy (non-hydrogen) atoms. The molecule has 1 aromatic heterocycles. The van der Waals surface area contributed by atoms with Gasteiger partial charge in [0.25, 0.3) is 5.91 Å². The van der Waals surface area contributed by atoms with Crippen LogP contribution in [0.2, 0.25) is 0 Å². The monoisotopic (exact) mass is 465 g/mol. The fourth-order valence-corrected chi connectivity index (χ4v) is 4.15. The molecule has 0 bridgehead atoms. The summed E-state index contributed by atoms with van der Waals surface area (Å²) in [5.74, 6) is -0.315. The summed E-state index contributed by atoms with van der Waals surface area (Å²) < 4.78 is 10.7. The number of hydrogen-bond donors (Lipinski definition) is 1. The molecule has 1 N–H and O–H groups in total. The predicted molar refractivity (Wildman–Crippen MR) is 124 cm³/mol. The number of nitrogens with zero attached hydrogens (tertiary/aromatic N) is 3. The van der Waals surface area contributed by atoms with Gasteiger partial charge in [-0.15, -0.1) is 0 Å². The Morgan fingerprint density at radius 3 is 2.70 bits per heavy atom. The predicted octanol–water partition coefficient (Wildman–Crippen LogP) is 5.10. The Labute approximate surface area is 193 Å². The average Bonchev–Trinajstić information content (AvgIpc) is 3.41. The van der Waals surface area contributed by atoms with Crippen molar-refractivity contribution >= 4 is 40.3 Å². The van der Waals surface area contributed by atoms with Crippen molar-refractivity contribution in [3.05, 3.63) is 87.2 Å². The van der Waals surface area contributed by atoms with Crippen molar-refractivity contribution in [2.24, 2.45) is 4.99 Å². The molecule has 1 aliphatic rings. The zero-order chi connectivity index (χ0) is 23.4. The maximum absolute atomic E-state index is 13.2. The summed E-state index contributed by atoms with van der Waals surface area (Å²) in [4.78, 5) is 30.3. The third kappa shape index (κ3) is 4.90. The first-order valence-corrected chi connectivity index (χ1v) is 10.8. The standard InChI is InChI=1S/C23H19N3O6S/c1-2-31-19-12-15(11-18(21(19)27)26(29)30)13-20-22(28)25(14-17-9-6-10-32-17)23(33-20)24-16-7-4-3-5-8-16/h3-13,27H,2,14H2,1H3. The van der Waals surface area contributed by atoms with Crippen LogP contribution < -0.4 is 4.74 Å². The Hall–Kier alpha value is -4.05. The zero-order valence-corrected chi connectivity index (χ0v) is 18.3. The van der Waals surface area contributed by atoms with E-state index in [2.05, 4.69) is 4.99 Å². The van der Waals surface area contributed by atoms with Gasteiger partial charge in [-0.25, -0.2) is 4.99 Å². The van der Waals surface area contributed by atoms with E-state index in [0.717, 1.165) is 11.8 Å². The maximum atomic E-state index is 13.2. The molecule has 1 saturated heterocycles. The first-order chi connectivity index (χ1) is 16.0. The molecule has 168 valence electrons. The zero-order valence-electron chi connectivity index (χ0n) is 17.5. The van der Waals surface area contributed by atoms with Crippen LogP contribution in [0.3, 0.4) is 0 Å². The van der Waals surface area contributed by atoms with E-state index in [1.54, 1.807) is 19.1 Å². The Balaban J connectivity index is 1.74. The molecule has 0 unspecified atom stereocenters. The first-order valence-electron chi connectivity index (χ1n) is 9.98. The van der Waals surface area contributed by atoms with Gasteiger partial charge in [-0.2, -0.15) is 0 Å². The Morgan fingerprint density at radius 1 is 1.24 bits per heavy atom. The molecule has 2 aromatic carbocycles. The van der Waals surface area contributed by atoms with Crippen molar-refractivity contribution in [2.45, 2.75) is 13.5 Å². The quantitative estimate of drug-likeness (QED) is 0.293. The molecule has 3 aromatic rings. The fraction of sp³-hybridized carbons (Fsp3) is 0.130. The van der Waals surface area contributed by atoms with Crippen LogP contribution in [0.5, 0.6) is 11.5 Å². The number of nitro groups is 1. The van der Waals surface area contributed by atoms with Crippen LogP contribution in [0.4, 0.5) is 11.4 Å². The van der Waals surface area contributed by atoms with Crippen LogP contribution in [-0.2, 0) is 11.3 Å². The van der Waals surface area contributed by atoms with E-state index < -0.39 is 16.4 Å². The highest BCUT2D eigenvalue weighted by atomic mass is 32.2. The molecule has 0 atom stereocenters. The molecule has 1 amide bonds. The summed E-state index contributed by atoms with van der Waals surface area (Å²) in [6, 6.07) is 15.4. The van der Waals surface area contributed by atoms with Gasteiger partial charge in [0.05, 0.1) is 34.9 Å². The number of hydrogen-bond acceptors (Lipinski definition) is 8. The van der Waals surface area contributed by atoms with Gasteiger partial charge in [-0.05, 0) is 60.7 Å². The normalized spacial score (nSPS) is 16.0. The highest BCUT2D eigenvalue weighted by Crippen LogP contribution is 2.40. The van der Waals surface area contributed by atoms with Gasteiger partial charge in [0.15, 0.2) is 10.9 Å². The van der Waals surface area contributed by atoms with Gasteiger partial charge >= 0.3 is 5.69 Å². The van der Waals surface area contributed by atoms with E-state index >= 15 is 0 Å². The second kappa shape index (κ2) is 9.61. The van der Waals surface area contributed by atoms with E-state index in [1.165, 1.54) is 29.4 Å². The molecular weight excluding hydrogens is 446 g/mol. The summed E-state index contributed by atoms with van der Waals surface area (Å²) in [7, 11) is 0. The lowest BCUT2D eigenvalue weighted by atomic mass is 10.1. The number of amides is 1. The molecule has 9 nitrogen and oxygen atoms in total. The van der Waals surface area contributed by atoms with Crippen molar-refractivity contribution in [2.75, 3.05) is 6.61 Å². The van der Waals surface area contributed by atoms with Crippen LogP contribution in [-0.4, -0.2) is 32.6 Å². The van der Waals surface area contributed by atoms with Crippen LogP contribution in [0.1, 0.15) is 18.2 Å². The van der Waals surface area contributed by atoms with Crippen LogP contribution >= 0.6 is 11.8 Å². The number of aromatic hydroxyl groups is 1. The maximum Gasteiger partial charge on any atom is 0.315 e. The Kier molecular flexibility index (Phi) is 6.45. The van der Waals surface area contributed by atoms with Crippen LogP contribution in [0.15, 0.2) is 75.2 Å². The number of carbonyl (C=O) groups is 1. The molecule has 2 heterocycles. The average molecular weight is 465 g/mol. The van der Waals surface area contributed by atoms with E-state index in [4.69, 9.17) is 9.15 Å².